The summed E-state index contributed by atoms with van der Waals surface area (Å²) >= 11 is 0. The number of methoxy groups -OCH3 is 1. The number of ether oxygens (including phenoxy) is 1. The van der Waals surface area contributed by atoms with Crippen LogP contribution < -0.4 is 5.73 Å². The molecule has 0 aromatic heterocycles. The number of nitrogens with two attached hydrogens (primary N) is 1. The van der Waals surface area contributed by atoms with Crippen LogP contribution in [0.5, 0.6) is 0 Å². The Bertz CT molecular complexity index is 866. The number of hydrogen-bond acceptors (Lipinski definition) is 5. The first kappa shape index (κ1) is 18.6. The van der Waals surface area contributed by atoms with Crippen molar-refractivity contribution in [3.05, 3.63) is 65.7 Å². The van der Waals surface area contributed by atoms with Crippen molar-refractivity contribution in [1.29, 1.82) is 0 Å². The molecule has 0 amide bonds. The molecule has 0 bridgehead atoms. The summed E-state index contributed by atoms with van der Waals surface area (Å²) < 4.78 is 32.1. The second-order valence-corrected chi connectivity index (χ2v) is 8.29. The molecule has 26 heavy (non-hydrogen) atoms. The average molecular weight is 374 g/mol. The highest BCUT2D eigenvalue weighted by Gasteiger charge is 2.39. The molecule has 1 fully saturated rings. The molecule has 1 saturated heterocycles. The van der Waals surface area contributed by atoms with Gasteiger partial charge >= 0.3 is 5.97 Å². The van der Waals surface area contributed by atoms with Crippen LogP contribution in [0.25, 0.3) is 0 Å². The summed E-state index contributed by atoms with van der Waals surface area (Å²) in [5.41, 5.74) is 7.31. The van der Waals surface area contributed by atoms with E-state index in [1.807, 2.05) is 30.3 Å². The van der Waals surface area contributed by atoms with E-state index < -0.39 is 16.0 Å². The fourth-order valence-electron chi connectivity index (χ4n) is 3.37. The van der Waals surface area contributed by atoms with Gasteiger partial charge in [-0.15, -0.1) is 0 Å². The summed E-state index contributed by atoms with van der Waals surface area (Å²) in [6, 6.07) is 15.7. The van der Waals surface area contributed by atoms with Crippen molar-refractivity contribution in [1.82, 2.24) is 4.31 Å². The Labute approximate surface area is 153 Å². The second kappa shape index (κ2) is 7.57. The molecule has 1 heterocycles. The molecule has 0 spiro atoms. The van der Waals surface area contributed by atoms with E-state index in [9.17, 15) is 13.2 Å². The Balaban J connectivity index is 1.85. The van der Waals surface area contributed by atoms with E-state index in [1.54, 1.807) is 0 Å². The quantitative estimate of drug-likeness (QED) is 0.807. The number of esters is 1. The van der Waals surface area contributed by atoms with Gasteiger partial charge in [0.25, 0.3) is 0 Å². The number of benzene rings is 2. The van der Waals surface area contributed by atoms with Crippen molar-refractivity contribution in [3.8, 4) is 0 Å². The summed E-state index contributed by atoms with van der Waals surface area (Å²) in [6.45, 7) is 1.21. The van der Waals surface area contributed by atoms with E-state index in [2.05, 4.69) is 4.74 Å². The smallest absolute Gasteiger partial charge is 0.337 e. The minimum absolute atomic E-state index is 0.0708. The van der Waals surface area contributed by atoms with Crippen molar-refractivity contribution >= 4 is 16.0 Å². The van der Waals surface area contributed by atoms with E-state index >= 15 is 0 Å². The number of sulfonamides is 1. The van der Waals surface area contributed by atoms with Gasteiger partial charge in [-0.1, -0.05) is 30.3 Å². The van der Waals surface area contributed by atoms with Crippen LogP contribution in [0.3, 0.4) is 0 Å². The van der Waals surface area contributed by atoms with Gasteiger partial charge < -0.3 is 10.5 Å². The highest BCUT2D eigenvalue weighted by Crippen LogP contribution is 2.35. The van der Waals surface area contributed by atoms with Crippen LogP contribution in [0.1, 0.15) is 21.8 Å². The molecule has 138 valence electrons. The van der Waals surface area contributed by atoms with Crippen LogP contribution in [0.2, 0.25) is 0 Å². The van der Waals surface area contributed by atoms with E-state index in [-0.39, 0.29) is 16.7 Å². The Morgan fingerprint density at radius 2 is 1.77 bits per heavy atom. The van der Waals surface area contributed by atoms with Crippen molar-refractivity contribution in [3.63, 3.8) is 0 Å². The van der Waals surface area contributed by atoms with Crippen molar-refractivity contribution in [2.45, 2.75) is 10.8 Å². The molecule has 1 aliphatic heterocycles. The Hall–Kier alpha value is -2.22. The minimum Gasteiger partial charge on any atom is -0.465 e. The fraction of sp³-hybridized carbons (Fsp3) is 0.316. The summed E-state index contributed by atoms with van der Waals surface area (Å²) in [5.74, 6) is -0.353. The molecule has 0 saturated carbocycles. The van der Waals surface area contributed by atoms with Crippen LogP contribution in [0.15, 0.2) is 59.5 Å². The van der Waals surface area contributed by atoms with Gasteiger partial charge in [0.2, 0.25) is 10.0 Å². The lowest BCUT2D eigenvalue weighted by molar-refractivity contribution is 0.0600. The molecule has 3 rings (SSSR count). The molecule has 2 N–H and O–H groups in total. The Morgan fingerprint density at radius 3 is 2.35 bits per heavy atom. The molecular formula is C19H22N2O4S. The maximum atomic E-state index is 13.0. The fourth-order valence-corrected chi connectivity index (χ4v) is 4.90. The molecule has 2 atom stereocenters. The maximum Gasteiger partial charge on any atom is 0.337 e. The zero-order valence-corrected chi connectivity index (χ0v) is 15.4. The SMILES string of the molecule is COC(=O)c1ccc(S(=O)(=O)N2C[C@@H](CN)[C@H](c3ccccc3)C2)cc1. The lowest BCUT2D eigenvalue weighted by Crippen LogP contribution is -2.30. The summed E-state index contributed by atoms with van der Waals surface area (Å²) in [7, 11) is -2.36. The molecule has 2 aromatic carbocycles. The minimum atomic E-state index is -3.65. The molecule has 0 unspecified atom stereocenters. The summed E-state index contributed by atoms with van der Waals surface area (Å²) in [5, 5.41) is 0. The van der Waals surface area contributed by atoms with Crippen LogP contribution in [-0.2, 0) is 14.8 Å². The molecular weight excluding hydrogens is 352 g/mol. The Morgan fingerprint density at radius 1 is 1.12 bits per heavy atom. The average Bonchev–Trinajstić information content (AvgIpc) is 3.13. The molecule has 1 aliphatic rings. The van der Waals surface area contributed by atoms with Crippen LogP contribution >= 0.6 is 0 Å². The molecule has 0 radical (unpaired) electrons. The van der Waals surface area contributed by atoms with E-state index in [1.165, 1.54) is 35.7 Å². The number of carbonyl (C=O) groups is 1. The van der Waals surface area contributed by atoms with E-state index in [0.29, 0.717) is 25.2 Å². The topological polar surface area (TPSA) is 89.7 Å². The summed E-state index contributed by atoms with van der Waals surface area (Å²) in [6.07, 6.45) is 0. The number of nitrogens with zero attached hydrogens (tertiary/aromatic N) is 1. The highest BCUT2D eigenvalue weighted by molar-refractivity contribution is 7.89. The highest BCUT2D eigenvalue weighted by atomic mass is 32.2. The van der Waals surface area contributed by atoms with Crippen LogP contribution in [0, 0.1) is 5.92 Å². The zero-order chi connectivity index (χ0) is 18.7. The van der Waals surface area contributed by atoms with Gasteiger partial charge in [0.1, 0.15) is 0 Å². The third-order valence-electron chi connectivity index (χ3n) is 4.85. The lowest BCUT2D eigenvalue weighted by Gasteiger charge is -2.17. The largest absolute Gasteiger partial charge is 0.465 e. The standard InChI is InChI=1S/C19H22N2O4S/c1-25-19(22)15-7-9-17(10-8-15)26(23,24)21-12-16(11-20)18(13-21)14-5-3-2-4-6-14/h2-10,16,18H,11-13,20H2,1H3/t16-,18+/m1/s1. The summed E-state index contributed by atoms with van der Waals surface area (Å²) in [4.78, 5) is 11.7. The van der Waals surface area contributed by atoms with Crippen molar-refractivity contribution in [2.75, 3.05) is 26.7 Å². The third-order valence-corrected chi connectivity index (χ3v) is 6.70. The predicted octanol–water partition coefficient (Wildman–Crippen LogP) is 1.84. The maximum absolute atomic E-state index is 13.0. The molecule has 2 aromatic rings. The van der Waals surface area contributed by atoms with Gasteiger partial charge in [0, 0.05) is 19.0 Å². The van der Waals surface area contributed by atoms with E-state index in [4.69, 9.17) is 5.73 Å². The molecule has 6 nitrogen and oxygen atoms in total. The van der Waals surface area contributed by atoms with Gasteiger partial charge in [0.15, 0.2) is 0 Å². The van der Waals surface area contributed by atoms with Gasteiger partial charge in [0.05, 0.1) is 17.6 Å². The third kappa shape index (κ3) is 3.51. The number of carbonyl (C=O) groups excluding carboxylic acids is 1. The Kier molecular flexibility index (Phi) is 5.41. The normalized spacial score (nSPS) is 20.8. The van der Waals surface area contributed by atoms with Crippen LogP contribution in [-0.4, -0.2) is 45.4 Å². The van der Waals surface area contributed by atoms with E-state index in [0.717, 1.165) is 5.56 Å². The van der Waals surface area contributed by atoms with Gasteiger partial charge in [-0.25, -0.2) is 13.2 Å². The van der Waals surface area contributed by atoms with Crippen LogP contribution in [0.4, 0.5) is 0 Å². The monoisotopic (exact) mass is 374 g/mol. The molecule has 0 aliphatic carbocycles. The first-order valence-electron chi connectivity index (χ1n) is 8.41. The van der Waals surface area contributed by atoms with Crippen molar-refractivity contribution < 1.29 is 17.9 Å². The second-order valence-electron chi connectivity index (χ2n) is 6.35. The predicted molar refractivity (Wildman–Crippen MR) is 98.3 cm³/mol. The van der Waals surface area contributed by atoms with Crippen molar-refractivity contribution in [2.24, 2.45) is 11.7 Å². The first-order chi connectivity index (χ1) is 12.5. The van der Waals surface area contributed by atoms with Gasteiger partial charge in [-0.2, -0.15) is 4.31 Å². The number of rotatable bonds is 5. The first-order valence-corrected chi connectivity index (χ1v) is 9.85. The van der Waals surface area contributed by atoms with Gasteiger partial charge in [-0.05, 0) is 42.3 Å². The van der Waals surface area contributed by atoms with Gasteiger partial charge in [-0.3, -0.25) is 0 Å². The zero-order valence-electron chi connectivity index (χ0n) is 14.5. The molecule has 7 heteroatoms. The number of hydrogen-bond donors (Lipinski definition) is 1. The lowest BCUT2D eigenvalue weighted by atomic mass is 9.89.